The molecule has 3 rings (SSSR count). The number of benzene rings is 1. The number of amides is 1. The first-order chi connectivity index (χ1) is 11.5. The first kappa shape index (κ1) is 16.7. The summed E-state index contributed by atoms with van der Waals surface area (Å²) in [5.41, 5.74) is 4.77. The van der Waals surface area contributed by atoms with E-state index in [1.165, 1.54) is 11.1 Å². The Labute approximate surface area is 143 Å². The van der Waals surface area contributed by atoms with Gasteiger partial charge in [0.25, 0.3) is 0 Å². The first-order valence-electron chi connectivity index (χ1n) is 8.57. The van der Waals surface area contributed by atoms with Crippen LogP contribution in [0.1, 0.15) is 42.3 Å². The number of nitrogens with one attached hydrogen (secondary N) is 1. The molecule has 1 amide bonds. The monoisotopic (exact) mass is 326 g/mol. The van der Waals surface area contributed by atoms with Crippen molar-refractivity contribution in [1.29, 1.82) is 0 Å². The number of hydrogen-bond acceptors (Lipinski definition) is 3. The van der Waals surface area contributed by atoms with E-state index in [-0.39, 0.29) is 18.0 Å². The van der Waals surface area contributed by atoms with Gasteiger partial charge in [0.05, 0.1) is 17.8 Å². The summed E-state index contributed by atoms with van der Waals surface area (Å²) in [6.07, 6.45) is 2.98. The van der Waals surface area contributed by atoms with Gasteiger partial charge in [0.1, 0.15) is 0 Å². The number of hydrogen-bond donors (Lipinski definition) is 1. The van der Waals surface area contributed by atoms with Gasteiger partial charge in [-0.1, -0.05) is 24.3 Å². The van der Waals surface area contributed by atoms with Crippen molar-refractivity contribution in [2.75, 3.05) is 6.54 Å². The highest BCUT2D eigenvalue weighted by molar-refractivity contribution is 5.81. The van der Waals surface area contributed by atoms with Crippen LogP contribution in [-0.2, 0) is 24.8 Å². The van der Waals surface area contributed by atoms with Gasteiger partial charge < -0.3 is 5.32 Å². The molecule has 5 heteroatoms. The number of carbonyl (C=O) groups is 1. The Kier molecular flexibility index (Phi) is 4.71. The summed E-state index contributed by atoms with van der Waals surface area (Å²) in [7, 11) is 1.90. The van der Waals surface area contributed by atoms with Crippen molar-refractivity contribution in [2.24, 2.45) is 7.05 Å². The van der Waals surface area contributed by atoms with Crippen LogP contribution in [0.15, 0.2) is 30.5 Å². The molecule has 0 spiro atoms. The third-order valence-electron chi connectivity index (χ3n) is 4.96. The number of fused-ring (bicyclic) bond motifs is 1. The van der Waals surface area contributed by atoms with Crippen LogP contribution < -0.4 is 5.32 Å². The van der Waals surface area contributed by atoms with Gasteiger partial charge >= 0.3 is 0 Å². The quantitative estimate of drug-likeness (QED) is 0.938. The average molecular weight is 326 g/mol. The Bertz CT molecular complexity index is 737. The Balaban J connectivity index is 1.64. The fourth-order valence-electron chi connectivity index (χ4n) is 3.47. The Morgan fingerprint density at radius 1 is 1.25 bits per heavy atom. The standard InChI is InChI=1S/C19H26N4O/c1-13(18-12-22(4)21-14(18)2)20-19(24)15(3)23-10-9-16-7-5-6-8-17(16)11-23/h5-8,12-13,15H,9-11H2,1-4H3,(H,20,24)/t13-,15+/m1/s1. The lowest BCUT2D eigenvalue weighted by molar-refractivity contribution is -0.126. The fraction of sp³-hybridized carbons (Fsp3) is 0.474. The first-order valence-corrected chi connectivity index (χ1v) is 8.57. The zero-order valence-electron chi connectivity index (χ0n) is 14.9. The minimum atomic E-state index is -0.141. The number of aryl methyl sites for hydroxylation is 2. The number of aromatic nitrogens is 2. The van der Waals surface area contributed by atoms with Gasteiger partial charge in [0.2, 0.25) is 5.91 Å². The van der Waals surface area contributed by atoms with Crippen molar-refractivity contribution in [3.8, 4) is 0 Å². The van der Waals surface area contributed by atoms with E-state index in [9.17, 15) is 4.79 Å². The summed E-state index contributed by atoms with van der Waals surface area (Å²) in [6.45, 7) is 7.74. The van der Waals surface area contributed by atoms with Gasteiger partial charge in [-0.25, -0.2) is 0 Å². The third-order valence-corrected chi connectivity index (χ3v) is 4.96. The highest BCUT2D eigenvalue weighted by Crippen LogP contribution is 2.21. The van der Waals surface area contributed by atoms with E-state index >= 15 is 0 Å². The molecule has 0 radical (unpaired) electrons. The molecule has 1 aromatic carbocycles. The molecular weight excluding hydrogens is 300 g/mol. The molecule has 0 saturated heterocycles. The highest BCUT2D eigenvalue weighted by atomic mass is 16.2. The molecule has 24 heavy (non-hydrogen) atoms. The maximum absolute atomic E-state index is 12.7. The summed E-state index contributed by atoms with van der Waals surface area (Å²) in [5.74, 6) is 0.0742. The minimum Gasteiger partial charge on any atom is -0.348 e. The lowest BCUT2D eigenvalue weighted by Gasteiger charge is -2.33. The lowest BCUT2D eigenvalue weighted by Crippen LogP contribution is -2.47. The van der Waals surface area contributed by atoms with Crippen LogP contribution in [0.4, 0.5) is 0 Å². The largest absolute Gasteiger partial charge is 0.348 e. The van der Waals surface area contributed by atoms with Gasteiger partial charge in [-0.05, 0) is 38.3 Å². The van der Waals surface area contributed by atoms with E-state index in [1.807, 2.05) is 34.0 Å². The Hall–Kier alpha value is -2.14. The second-order valence-electron chi connectivity index (χ2n) is 6.74. The summed E-state index contributed by atoms with van der Waals surface area (Å²) < 4.78 is 1.79. The summed E-state index contributed by atoms with van der Waals surface area (Å²) >= 11 is 0. The summed E-state index contributed by atoms with van der Waals surface area (Å²) in [5, 5.41) is 7.49. The predicted octanol–water partition coefficient (Wildman–Crippen LogP) is 2.35. The molecule has 1 aromatic heterocycles. The number of nitrogens with zero attached hydrogens (tertiary/aromatic N) is 3. The second-order valence-corrected chi connectivity index (χ2v) is 6.74. The topological polar surface area (TPSA) is 50.2 Å². The van der Waals surface area contributed by atoms with E-state index < -0.39 is 0 Å². The molecule has 128 valence electrons. The van der Waals surface area contributed by atoms with Crippen LogP contribution >= 0.6 is 0 Å². The molecule has 2 aromatic rings. The van der Waals surface area contributed by atoms with Gasteiger partial charge in [-0.2, -0.15) is 5.10 Å². The van der Waals surface area contributed by atoms with E-state index in [0.29, 0.717) is 0 Å². The predicted molar refractivity (Wildman–Crippen MR) is 94.5 cm³/mol. The minimum absolute atomic E-state index is 0.0364. The van der Waals surface area contributed by atoms with Crippen molar-refractivity contribution in [2.45, 2.75) is 45.8 Å². The van der Waals surface area contributed by atoms with Crippen LogP contribution in [0.25, 0.3) is 0 Å². The summed E-state index contributed by atoms with van der Waals surface area (Å²) in [4.78, 5) is 14.9. The van der Waals surface area contributed by atoms with Crippen molar-refractivity contribution in [3.63, 3.8) is 0 Å². The molecule has 0 saturated carbocycles. The maximum atomic E-state index is 12.7. The smallest absolute Gasteiger partial charge is 0.237 e. The molecule has 1 aliphatic heterocycles. The van der Waals surface area contributed by atoms with E-state index in [4.69, 9.17) is 0 Å². The van der Waals surface area contributed by atoms with Gasteiger partial charge in [-0.3, -0.25) is 14.4 Å². The van der Waals surface area contributed by atoms with Gasteiger partial charge in [0, 0.05) is 31.9 Å². The van der Waals surface area contributed by atoms with E-state index in [0.717, 1.165) is 30.8 Å². The highest BCUT2D eigenvalue weighted by Gasteiger charge is 2.26. The number of carbonyl (C=O) groups excluding carboxylic acids is 1. The molecule has 0 bridgehead atoms. The van der Waals surface area contributed by atoms with Crippen molar-refractivity contribution in [3.05, 3.63) is 52.8 Å². The van der Waals surface area contributed by atoms with Gasteiger partial charge in [-0.15, -0.1) is 0 Å². The summed E-state index contributed by atoms with van der Waals surface area (Å²) in [6, 6.07) is 8.32. The van der Waals surface area contributed by atoms with E-state index in [2.05, 4.69) is 39.6 Å². The molecule has 0 unspecified atom stereocenters. The zero-order valence-corrected chi connectivity index (χ0v) is 14.9. The molecular formula is C19H26N4O. The molecule has 1 N–H and O–H groups in total. The zero-order chi connectivity index (χ0) is 17.3. The van der Waals surface area contributed by atoms with Crippen LogP contribution in [-0.4, -0.2) is 33.2 Å². The van der Waals surface area contributed by atoms with Crippen LogP contribution in [0.5, 0.6) is 0 Å². The van der Waals surface area contributed by atoms with E-state index in [1.54, 1.807) is 4.68 Å². The Morgan fingerprint density at radius 2 is 1.96 bits per heavy atom. The average Bonchev–Trinajstić information content (AvgIpc) is 2.92. The van der Waals surface area contributed by atoms with Crippen LogP contribution in [0, 0.1) is 6.92 Å². The Morgan fingerprint density at radius 3 is 2.62 bits per heavy atom. The molecule has 0 aliphatic carbocycles. The SMILES string of the molecule is Cc1nn(C)cc1[C@@H](C)NC(=O)[C@H](C)N1CCc2ccccc2C1. The molecule has 2 heterocycles. The van der Waals surface area contributed by atoms with Crippen LogP contribution in [0.3, 0.4) is 0 Å². The molecule has 0 fully saturated rings. The molecule has 2 atom stereocenters. The van der Waals surface area contributed by atoms with Crippen LogP contribution in [0.2, 0.25) is 0 Å². The maximum Gasteiger partial charge on any atom is 0.237 e. The molecule has 1 aliphatic rings. The van der Waals surface area contributed by atoms with Crippen molar-refractivity contribution >= 4 is 5.91 Å². The second kappa shape index (κ2) is 6.77. The normalized spacial score (nSPS) is 17.2. The third kappa shape index (κ3) is 3.36. The number of rotatable bonds is 4. The van der Waals surface area contributed by atoms with Crippen molar-refractivity contribution in [1.82, 2.24) is 20.0 Å². The van der Waals surface area contributed by atoms with Gasteiger partial charge in [0.15, 0.2) is 0 Å². The fourth-order valence-corrected chi connectivity index (χ4v) is 3.47. The molecule has 5 nitrogen and oxygen atoms in total. The lowest BCUT2D eigenvalue weighted by atomic mass is 9.98. The van der Waals surface area contributed by atoms with Crippen molar-refractivity contribution < 1.29 is 4.79 Å².